The predicted molar refractivity (Wildman–Crippen MR) is 151 cm³/mol. The summed E-state index contributed by atoms with van der Waals surface area (Å²) < 4.78 is 28.1. The molecule has 0 bridgehead atoms. The molecule has 3 aromatic carbocycles. The van der Waals surface area contributed by atoms with Crippen LogP contribution in [0.1, 0.15) is 33.4 Å². The number of rotatable bonds is 8. The number of likely N-dealkylation sites (N-methyl/N-ethyl adjacent to an activating group) is 1. The third-order valence-electron chi connectivity index (χ3n) is 7.03. The second-order valence-electron chi connectivity index (χ2n) is 9.09. The molecule has 2 amide bonds. The van der Waals surface area contributed by atoms with Crippen LogP contribution >= 0.6 is 11.3 Å². The van der Waals surface area contributed by atoms with Gasteiger partial charge in [0.15, 0.2) is 28.1 Å². The van der Waals surface area contributed by atoms with Crippen molar-refractivity contribution in [2.75, 3.05) is 47.9 Å². The molecule has 4 aromatic rings. The van der Waals surface area contributed by atoms with Gasteiger partial charge in [-0.3, -0.25) is 9.59 Å². The van der Waals surface area contributed by atoms with Gasteiger partial charge in [-0.25, -0.2) is 4.98 Å². The van der Waals surface area contributed by atoms with Gasteiger partial charge in [0.05, 0.1) is 57.7 Å². The zero-order valence-corrected chi connectivity index (χ0v) is 23.8. The van der Waals surface area contributed by atoms with Crippen molar-refractivity contribution in [1.82, 2.24) is 9.88 Å². The average molecular weight is 564 g/mol. The molecule has 10 nitrogen and oxygen atoms in total. The van der Waals surface area contributed by atoms with Gasteiger partial charge in [-0.1, -0.05) is 17.4 Å². The number of hydrogen-bond donors (Lipinski definition) is 1. The highest BCUT2D eigenvalue weighted by atomic mass is 32.1. The molecule has 40 heavy (non-hydrogen) atoms. The number of carbonyl (C=O) groups excluding carboxylic acids is 2. The lowest BCUT2D eigenvalue weighted by atomic mass is 9.79. The predicted octanol–water partition coefficient (Wildman–Crippen LogP) is 4.89. The van der Waals surface area contributed by atoms with Gasteiger partial charge in [0, 0.05) is 12.6 Å². The maximum atomic E-state index is 14.2. The molecule has 2 atom stereocenters. The topological polar surface area (TPSA) is 108 Å². The minimum Gasteiger partial charge on any atom is -0.497 e. The summed E-state index contributed by atoms with van der Waals surface area (Å²) in [6.45, 7) is 0. The van der Waals surface area contributed by atoms with Crippen molar-refractivity contribution >= 4 is 38.5 Å². The summed E-state index contributed by atoms with van der Waals surface area (Å²) >= 11 is 1.34. The van der Waals surface area contributed by atoms with E-state index >= 15 is 0 Å². The van der Waals surface area contributed by atoms with E-state index in [1.165, 1.54) is 32.7 Å². The molecule has 0 saturated carbocycles. The number of hydrogen-bond acceptors (Lipinski definition) is 9. The molecule has 0 spiro atoms. The summed E-state index contributed by atoms with van der Waals surface area (Å²) in [6, 6.07) is 13.5. The van der Waals surface area contributed by atoms with E-state index in [1.54, 1.807) is 50.4 Å². The average Bonchev–Trinajstić information content (AvgIpc) is 3.38. The number of nitrogens with one attached hydrogen (secondary N) is 1. The minimum atomic E-state index is -0.822. The molecular weight excluding hydrogens is 534 g/mol. The molecule has 1 aromatic heterocycles. The number of carbonyl (C=O) groups is 2. The van der Waals surface area contributed by atoms with Crippen molar-refractivity contribution in [2.24, 2.45) is 0 Å². The number of thiazole rings is 1. The van der Waals surface area contributed by atoms with Crippen molar-refractivity contribution in [2.45, 2.75) is 12.0 Å². The number of benzene rings is 3. The molecule has 1 aliphatic rings. The van der Waals surface area contributed by atoms with E-state index in [-0.39, 0.29) is 11.8 Å². The Morgan fingerprint density at radius 3 is 2.20 bits per heavy atom. The Morgan fingerprint density at radius 1 is 0.850 bits per heavy atom. The first-order valence-electron chi connectivity index (χ1n) is 12.3. The number of methoxy groups -OCH3 is 5. The standard InChI is InChI=1S/C29H29N3O7S/c1-32-26(15-7-10-20(36-3)21(11-15)37-4)25(17-13-22(38-5)23(39-6)14-18(17)28(32)34)27(33)31-29-30-19-9-8-16(35-2)12-24(19)40-29/h7-14,25-26H,1-6H3,(H,30,31,33)/t25-,26+/m0/s1. The van der Waals surface area contributed by atoms with Crippen LogP contribution in [0.4, 0.5) is 5.13 Å². The zero-order chi connectivity index (χ0) is 28.6. The number of amides is 2. The number of nitrogens with zero attached hydrogens (tertiary/aromatic N) is 2. The Kier molecular flexibility index (Phi) is 7.40. The third kappa shape index (κ3) is 4.62. The maximum absolute atomic E-state index is 14.2. The van der Waals surface area contributed by atoms with Gasteiger partial charge in [-0.2, -0.15) is 0 Å². The summed E-state index contributed by atoms with van der Waals surface area (Å²) in [5.41, 5.74) is 2.30. The lowest BCUT2D eigenvalue weighted by Gasteiger charge is -2.40. The van der Waals surface area contributed by atoms with E-state index in [2.05, 4.69) is 10.3 Å². The van der Waals surface area contributed by atoms with Gasteiger partial charge >= 0.3 is 0 Å². The maximum Gasteiger partial charge on any atom is 0.254 e. The Labute approximate surface area is 235 Å². The highest BCUT2D eigenvalue weighted by molar-refractivity contribution is 7.22. The van der Waals surface area contributed by atoms with Crippen molar-refractivity contribution in [3.05, 3.63) is 65.2 Å². The molecule has 0 unspecified atom stereocenters. The Balaban J connectivity index is 1.64. The van der Waals surface area contributed by atoms with Crippen LogP contribution in [0.25, 0.3) is 10.2 Å². The molecule has 0 aliphatic carbocycles. The molecule has 2 heterocycles. The van der Waals surface area contributed by atoms with Gasteiger partial charge in [-0.05, 0) is 53.6 Å². The molecule has 1 aliphatic heterocycles. The largest absolute Gasteiger partial charge is 0.497 e. The first kappa shape index (κ1) is 27.1. The van der Waals surface area contributed by atoms with Crippen molar-refractivity contribution in [3.8, 4) is 28.7 Å². The van der Waals surface area contributed by atoms with E-state index in [0.717, 1.165) is 10.2 Å². The highest BCUT2D eigenvalue weighted by Crippen LogP contribution is 2.47. The van der Waals surface area contributed by atoms with Crippen molar-refractivity contribution in [3.63, 3.8) is 0 Å². The normalized spacial score (nSPS) is 16.4. The Hall–Kier alpha value is -4.51. The lowest BCUT2D eigenvalue weighted by molar-refractivity contribution is -0.119. The fourth-order valence-electron chi connectivity index (χ4n) is 5.05. The smallest absolute Gasteiger partial charge is 0.254 e. The van der Waals surface area contributed by atoms with Gasteiger partial charge in [0.25, 0.3) is 5.91 Å². The first-order chi connectivity index (χ1) is 19.3. The van der Waals surface area contributed by atoms with E-state index < -0.39 is 12.0 Å². The molecule has 0 fully saturated rings. The zero-order valence-electron chi connectivity index (χ0n) is 22.9. The number of aromatic nitrogens is 1. The second kappa shape index (κ2) is 10.9. The first-order valence-corrected chi connectivity index (χ1v) is 13.2. The van der Waals surface area contributed by atoms with Gasteiger partial charge in [-0.15, -0.1) is 0 Å². The lowest BCUT2D eigenvalue weighted by Crippen LogP contribution is -2.44. The quantitative estimate of drug-likeness (QED) is 0.323. The van der Waals surface area contributed by atoms with Crippen LogP contribution < -0.4 is 29.0 Å². The van der Waals surface area contributed by atoms with Crippen LogP contribution in [0, 0.1) is 0 Å². The molecule has 208 valence electrons. The van der Waals surface area contributed by atoms with E-state index in [9.17, 15) is 9.59 Å². The van der Waals surface area contributed by atoms with Crippen molar-refractivity contribution < 1.29 is 33.3 Å². The minimum absolute atomic E-state index is 0.258. The summed E-state index contributed by atoms with van der Waals surface area (Å²) in [5.74, 6) is 1.11. The summed E-state index contributed by atoms with van der Waals surface area (Å²) in [5, 5.41) is 3.42. The van der Waals surface area contributed by atoms with Crippen LogP contribution in [-0.2, 0) is 4.79 Å². The van der Waals surface area contributed by atoms with Gasteiger partial charge < -0.3 is 33.9 Å². The molecule has 0 saturated heterocycles. The van der Waals surface area contributed by atoms with Crippen LogP contribution in [0.5, 0.6) is 28.7 Å². The Bertz CT molecular complexity index is 1600. The number of fused-ring (bicyclic) bond motifs is 2. The molecular formula is C29H29N3O7S. The highest BCUT2D eigenvalue weighted by Gasteiger charge is 2.44. The van der Waals surface area contributed by atoms with Crippen LogP contribution in [0.3, 0.4) is 0 Å². The summed E-state index contributed by atoms with van der Waals surface area (Å²) in [6.07, 6.45) is 0. The van der Waals surface area contributed by atoms with Crippen LogP contribution in [0.15, 0.2) is 48.5 Å². The Morgan fingerprint density at radius 2 is 1.52 bits per heavy atom. The molecule has 11 heteroatoms. The summed E-state index contributed by atoms with van der Waals surface area (Å²) in [7, 11) is 9.37. The third-order valence-corrected chi connectivity index (χ3v) is 7.97. The van der Waals surface area contributed by atoms with Gasteiger partial charge in [0.1, 0.15) is 5.75 Å². The fraction of sp³-hybridized carbons (Fsp3) is 0.276. The van der Waals surface area contributed by atoms with E-state index in [0.29, 0.717) is 50.6 Å². The summed E-state index contributed by atoms with van der Waals surface area (Å²) in [4.78, 5) is 34.0. The van der Waals surface area contributed by atoms with Crippen LogP contribution in [-0.4, -0.2) is 64.3 Å². The van der Waals surface area contributed by atoms with Crippen molar-refractivity contribution in [1.29, 1.82) is 0 Å². The molecule has 0 radical (unpaired) electrons. The van der Waals surface area contributed by atoms with E-state index in [4.69, 9.17) is 23.7 Å². The SMILES string of the molecule is COc1ccc2nc(NC(=O)[C@H]3c4cc(OC)c(OC)cc4C(=O)N(C)[C@@H]3c3ccc(OC)c(OC)c3)sc2c1. The molecule has 5 rings (SSSR count). The molecule has 1 N–H and O–H groups in total. The van der Waals surface area contributed by atoms with Gasteiger partial charge in [0.2, 0.25) is 5.91 Å². The monoisotopic (exact) mass is 563 g/mol. The fourth-order valence-corrected chi connectivity index (χ4v) is 5.95. The van der Waals surface area contributed by atoms with Crippen LogP contribution in [0.2, 0.25) is 0 Å². The van der Waals surface area contributed by atoms with E-state index in [1.807, 2.05) is 24.3 Å². The second-order valence-corrected chi connectivity index (χ2v) is 10.1. The number of anilines is 1. The number of ether oxygens (including phenoxy) is 5.